The van der Waals surface area contributed by atoms with Gasteiger partial charge in [-0.3, -0.25) is 4.79 Å². The molecule has 1 atom stereocenters. The second-order valence-corrected chi connectivity index (χ2v) is 5.02. The maximum atomic E-state index is 11.8. The van der Waals surface area contributed by atoms with E-state index in [0.717, 1.165) is 0 Å². The van der Waals surface area contributed by atoms with Gasteiger partial charge in [-0.1, -0.05) is 13.8 Å². The van der Waals surface area contributed by atoms with Crippen LogP contribution in [0.1, 0.15) is 30.6 Å². The highest BCUT2D eigenvalue weighted by Crippen LogP contribution is 2.22. The summed E-state index contributed by atoms with van der Waals surface area (Å²) in [5.41, 5.74) is 12.3. The molecule has 0 bridgehead atoms. The van der Waals surface area contributed by atoms with E-state index in [0.29, 0.717) is 29.3 Å². The highest BCUT2D eigenvalue weighted by Gasteiger charge is 2.21. The van der Waals surface area contributed by atoms with Crippen molar-refractivity contribution in [1.82, 2.24) is 0 Å². The van der Waals surface area contributed by atoms with Gasteiger partial charge in [-0.2, -0.15) is 0 Å². The van der Waals surface area contributed by atoms with Crippen molar-refractivity contribution >= 4 is 23.3 Å². The number of amides is 1. The molecular formula is C14H21N3O3. The van der Waals surface area contributed by atoms with Crippen molar-refractivity contribution in [3.05, 3.63) is 23.8 Å². The Bertz CT molecular complexity index is 500. The van der Waals surface area contributed by atoms with Gasteiger partial charge in [0.2, 0.25) is 5.91 Å². The highest BCUT2D eigenvalue weighted by molar-refractivity contribution is 5.95. The Labute approximate surface area is 118 Å². The molecule has 1 rings (SSSR count). The number of esters is 1. The van der Waals surface area contributed by atoms with Gasteiger partial charge in [-0.15, -0.1) is 0 Å². The lowest BCUT2D eigenvalue weighted by atomic mass is 10.0. The lowest BCUT2D eigenvalue weighted by Crippen LogP contribution is -2.32. The standard InChI is InChI=1S/C14H21N3O3/c1-8(2)6-12(14(19)20-3)17-11-7-9(13(16)18)4-5-10(11)15/h4-5,7-8,12,17H,6,15H2,1-3H3,(H2,16,18). The molecule has 20 heavy (non-hydrogen) atoms. The summed E-state index contributed by atoms with van der Waals surface area (Å²) in [5.74, 6) is -0.624. The van der Waals surface area contributed by atoms with Crippen molar-refractivity contribution in [2.24, 2.45) is 11.7 Å². The minimum Gasteiger partial charge on any atom is -0.467 e. The number of carbonyl (C=O) groups excluding carboxylic acids is 2. The fourth-order valence-electron chi connectivity index (χ4n) is 1.85. The van der Waals surface area contributed by atoms with Crippen LogP contribution in [0.15, 0.2) is 18.2 Å². The number of benzene rings is 1. The van der Waals surface area contributed by atoms with Gasteiger partial charge in [0.25, 0.3) is 0 Å². The third kappa shape index (κ3) is 4.15. The molecule has 1 aromatic rings. The summed E-state index contributed by atoms with van der Waals surface area (Å²) in [4.78, 5) is 22.9. The van der Waals surface area contributed by atoms with Gasteiger partial charge in [0.15, 0.2) is 0 Å². The first-order chi connectivity index (χ1) is 9.35. The van der Waals surface area contributed by atoms with Crippen molar-refractivity contribution < 1.29 is 14.3 Å². The number of methoxy groups -OCH3 is 1. The molecule has 0 heterocycles. The predicted octanol–water partition coefficient (Wildman–Crippen LogP) is 1.37. The van der Waals surface area contributed by atoms with Crippen LogP contribution in [0, 0.1) is 5.92 Å². The van der Waals surface area contributed by atoms with E-state index in [2.05, 4.69) is 5.32 Å². The van der Waals surface area contributed by atoms with Gasteiger partial charge in [-0.05, 0) is 30.5 Å². The number of nitrogen functional groups attached to an aromatic ring is 1. The maximum Gasteiger partial charge on any atom is 0.328 e. The smallest absolute Gasteiger partial charge is 0.328 e. The van der Waals surface area contributed by atoms with Crippen LogP contribution in [0.25, 0.3) is 0 Å². The van der Waals surface area contributed by atoms with Gasteiger partial charge in [-0.25, -0.2) is 4.79 Å². The molecule has 0 aliphatic rings. The van der Waals surface area contributed by atoms with Crippen molar-refractivity contribution in [2.75, 3.05) is 18.2 Å². The third-order valence-corrected chi connectivity index (χ3v) is 2.86. The van der Waals surface area contributed by atoms with Gasteiger partial charge < -0.3 is 21.5 Å². The topological polar surface area (TPSA) is 107 Å². The SMILES string of the molecule is COC(=O)C(CC(C)C)Nc1cc(C(N)=O)ccc1N. The molecule has 0 saturated carbocycles. The third-order valence-electron chi connectivity index (χ3n) is 2.86. The van der Waals surface area contributed by atoms with E-state index in [9.17, 15) is 9.59 Å². The van der Waals surface area contributed by atoms with Gasteiger partial charge >= 0.3 is 5.97 Å². The van der Waals surface area contributed by atoms with Gasteiger partial charge in [0.05, 0.1) is 18.5 Å². The molecule has 0 radical (unpaired) electrons. The van der Waals surface area contributed by atoms with E-state index in [1.165, 1.54) is 13.2 Å². The Balaban J connectivity index is 3.00. The molecule has 0 fully saturated rings. The molecular weight excluding hydrogens is 258 g/mol. The zero-order valence-electron chi connectivity index (χ0n) is 12.0. The molecule has 110 valence electrons. The van der Waals surface area contributed by atoms with E-state index >= 15 is 0 Å². The average molecular weight is 279 g/mol. The molecule has 1 amide bonds. The lowest BCUT2D eigenvalue weighted by Gasteiger charge is -2.20. The minimum absolute atomic E-state index is 0.298. The summed E-state index contributed by atoms with van der Waals surface area (Å²) < 4.78 is 4.77. The maximum absolute atomic E-state index is 11.8. The lowest BCUT2D eigenvalue weighted by molar-refractivity contribution is -0.141. The molecule has 0 spiro atoms. The predicted molar refractivity (Wildman–Crippen MR) is 78.3 cm³/mol. The van der Waals surface area contributed by atoms with Crippen LogP contribution >= 0.6 is 0 Å². The summed E-state index contributed by atoms with van der Waals surface area (Å²) in [6, 6.07) is 4.13. The average Bonchev–Trinajstić information content (AvgIpc) is 2.38. The molecule has 5 N–H and O–H groups in total. The van der Waals surface area contributed by atoms with Crippen LogP contribution in [0.2, 0.25) is 0 Å². The van der Waals surface area contributed by atoms with Crippen LogP contribution in [-0.2, 0) is 9.53 Å². The van der Waals surface area contributed by atoms with Gasteiger partial charge in [0.1, 0.15) is 6.04 Å². The second-order valence-electron chi connectivity index (χ2n) is 5.02. The molecule has 1 unspecified atom stereocenters. The number of nitrogens with two attached hydrogens (primary N) is 2. The van der Waals surface area contributed by atoms with Crippen LogP contribution in [-0.4, -0.2) is 25.0 Å². The van der Waals surface area contributed by atoms with E-state index in [1.54, 1.807) is 12.1 Å². The quantitative estimate of drug-likeness (QED) is 0.538. The zero-order chi connectivity index (χ0) is 15.3. The first-order valence-corrected chi connectivity index (χ1v) is 6.38. The van der Waals surface area contributed by atoms with Crippen molar-refractivity contribution in [3.63, 3.8) is 0 Å². The number of ether oxygens (including phenoxy) is 1. The number of primary amides is 1. The molecule has 0 aromatic heterocycles. The molecule has 0 aliphatic carbocycles. The summed E-state index contributed by atoms with van der Waals surface area (Å²) in [6.07, 6.45) is 0.590. The minimum atomic E-state index is -0.550. The van der Waals surface area contributed by atoms with E-state index < -0.39 is 11.9 Å². The molecule has 0 aliphatic heterocycles. The van der Waals surface area contributed by atoms with Crippen molar-refractivity contribution in [2.45, 2.75) is 26.3 Å². The largest absolute Gasteiger partial charge is 0.467 e. The van der Waals surface area contributed by atoms with Gasteiger partial charge in [0, 0.05) is 5.56 Å². The van der Waals surface area contributed by atoms with Crippen LogP contribution in [0.3, 0.4) is 0 Å². The fraction of sp³-hybridized carbons (Fsp3) is 0.429. The normalized spacial score (nSPS) is 12.0. The van der Waals surface area contributed by atoms with Crippen molar-refractivity contribution in [1.29, 1.82) is 0 Å². The summed E-state index contributed by atoms with van der Waals surface area (Å²) >= 11 is 0. The van der Waals surface area contributed by atoms with Crippen molar-refractivity contribution in [3.8, 4) is 0 Å². The Morgan fingerprint density at radius 2 is 2.00 bits per heavy atom. The molecule has 0 saturated heterocycles. The summed E-state index contributed by atoms with van der Waals surface area (Å²) in [6.45, 7) is 4.00. The highest BCUT2D eigenvalue weighted by atomic mass is 16.5. The van der Waals surface area contributed by atoms with E-state index in [4.69, 9.17) is 16.2 Å². The molecule has 6 nitrogen and oxygen atoms in total. The number of hydrogen-bond donors (Lipinski definition) is 3. The fourth-order valence-corrected chi connectivity index (χ4v) is 1.85. The zero-order valence-corrected chi connectivity index (χ0v) is 12.0. The number of rotatable bonds is 6. The molecule has 6 heteroatoms. The Morgan fingerprint density at radius 1 is 1.35 bits per heavy atom. The van der Waals surface area contributed by atoms with E-state index in [1.807, 2.05) is 13.8 Å². The number of carbonyl (C=O) groups is 2. The number of hydrogen-bond acceptors (Lipinski definition) is 5. The van der Waals surface area contributed by atoms with E-state index in [-0.39, 0.29) is 5.97 Å². The number of anilines is 2. The second kappa shape index (κ2) is 6.79. The first-order valence-electron chi connectivity index (χ1n) is 6.38. The summed E-state index contributed by atoms with van der Waals surface area (Å²) in [7, 11) is 1.33. The van der Waals surface area contributed by atoms with Crippen LogP contribution in [0.4, 0.5) is 11.4 Å². The Hall–Kier alpha value is -2.24. The van der Waals surface area contributed by atoms with Crippen LogP contribution in [0.5, 0.6) is 0 Å². The Morgan fingerprint density at radius 3 is 2.50 bits per heavy atom. The van der Waals surface area contributed by atoms with Crippen LogP contribution < -0.4 is 16.8 Å². The number of nitrogens with one attached hydrogen (secondary N) is 1. The summed E-state index contributed by atoms with van der Waals surface area (Å²) in [5, 5.41) is 3.02. The molecule has 1 aromatic carbocycles. The first kappa shape index (κ1) is 15.8. The Kier molecular flexibility index (Phi) is 5.37. The monoisotopic (exact) mass is 279 g/mol.